The second-order valence-electron chi connectivity index (χ2n) is 4.79. The molecular weight excluding hydrogens is 212 g/mol. The number of rotatable bonds is 6. The van der Waals surface area contributed by atoms with Gasteiger partial charge in [0.15, 0.2) is 5.78 Å². The first-order chi connectivity index (χ1) is 8.02. The van der Waals surface area contributed by atoms with Crippen LogP contribution in [-0.4, -0.2) is 11.6 Å². The Morgan fingerprint density at radius 2 is 1.71 bits per heavy atom. The third kappa shape index (κ3) is 4.51. The molecule has 0 saturated carbocycles. The van der Waals surface area contributed by atoms with E-state index in [1.807, 2.05) is 24.3 Å². The monoisotopic (exact) mass is 232 g/mol. The molecule has 0 bridgehead atoms. The van der Waals surface area contributed by atoms with Crippen LogP contribution in [0.4, 0.5) is 0 Å². The Morgan fingerprint density at radius 1 is 1.12 bits per heavy atom. The summed E-state index contributed by atoms with van der Waals surface area (Å²) in [6.07, 6.45) is 1.47. The number of ketones is 2. The van der Waals surface area contributed by atoms with E-state index < -0.39 is 0 Å². The van der Waals surface area contributed by atoms with Gasteiger partial charge < -0.3 is 0 Å². The molecule has 0 N–H and O–H groups in total. The second-order valence-corrected chi connectivity index (χ2v) is 4.79. The molecule has 0 spiro atoms. The lowest BCUT2D eigenvalue weighted by atomic mass is 9.99. The fourth-order valence-electron chi connectivity index (χ4n) is 1.70. The molecule has 0 atom stereocenters. The largest absolute Gasteiger partial charge is 0.299 e. The number of carbonyl (C=O) groups is 2. The highest BCUT2D eigenvalue weighted by atomic mass is 16.1. The van der Waals surface area contributed by atoms with Crippen LogP contribution in [0.2, 0.25) is 0 Å². The Labute approximate surface area is 103 Å². The van der Waals surface area contributed by atoms with Crippen molar-refractivity contribution in [2.75, 3.05) is 0 Å². The van der Waals surface area contributed by atoms with Gasteiger partial charge in [-0.15, -0.1) is 0 Å². The molecule has 1 rings (SSSR count). The predicted molar refractivity (Wildman–Crippen MR) is 69.2 cm³/mol. The van der Waals surface area contributed by atoms with Crippen LogP contribution in [0.15, 0.2) is 24.3 Å². The van der Waals surface area contributed by atoms with Crippen molar-refractivity contribution in [3.05, 3.63) is 35.4 Å². The highest BCUT2D eigenvalue weighted by Crippen LogP contribution is 2.11. The molecule has 0 saturated heterocycles. The summed E-state index contributed by atoms with van der Waals surface area (Å²) in [7, 11) is 0. The highest BCUT2D eigenvalue weighted by molar-refractivity contribution is 6.07. The van der Waals surface area contributed by atoms with E-state index in [4.69, 9.17) is 0 Å². The molecule has 17 heavy (non-hydrogen) atoms. The molecule has 0 amide bonds. The van der Waals surface area contributed by atoms with Crippen molar-refractivity contribution in [3.63, 3.8) is 0 Å². The van der Waals surface area contributed by atoms with Gasteiger partial charge in [-0.3, -0.25) is 9.59 Å². The van der Waals surface area contributed by atoms with E-state index >= 15 is 0 Å². The van der Waals surface area contributed by atoms with Gasteiger partial charge in [-0.05, 0) is 17.9 Å². The summed E-state index contributed by atoms with van der Waals surface area (Å²) in [5, 5.41) is 0. The number of Topliss-reactive ketones (excluding diaryl/α,β-unsaturated/α-hetero) is 2. The Balaban J connectivity index is 2.67. The lowest BCUT2D eigenvalue weighted by Crippen LogP contribution is -2.07. The van der Waals surface area contributed by atoms with E-state index in [0.29, 0.717) is 17.9 Å². The van der Waals surface area contributed by atoms with Crippen molar-refractivity contribution < 1.29 is 9.59 Å². The number of benzene rings is 1. The minimum atomic E-state index is -0.0760. The molecule has 0 aliphatic heterocycles. The molecule has 1 aromatic carbocycles. The van der Waals surface area contributed by atoms with E-state index in [1.54, 1.807) is 6.92 Å². The van der Waals surface area contributed by atoms with Crippen molar-refractivity contribution in [1.82, 2.24) is 0 Å². The van der Waals surface area contributed by atoms with Crippen LogP contribution in [0.3, 0.4) is 0 Å². The zero-order chi connectivity index (χ0) is 12.8. The fourth-order valence-corrected chi connectivity index (χ4v) is 1.70. The first kappa shape index (κ1) is 13.6. The average molecular weight is 232 g/mol. The van der Waals surface area contributed by atoms with Gasteiger partial charge in [0.05, 0.1) is 6.42 Å². The summed E-state index contributed by atoms with van der Waals surface area (Å²) in [6.45, 7) is 6.11. The summed E-state index contributed by atoms with van der Waals surface area (Å²) < 4.78 is 0. The van der Waals surface area contributed by atoms with E-state index in [1.165, 1.54) is 5.56 Å². The minimum Gasteiger partial charge on any atom is -0.299 e. The molecule has 0 unspecified atom stereocenters. The molecule has 2 nitrogen and oxygen atoms in total. The average Bonchev–Trinajstić information content (AvgIpc) is 2.28. The SMILES string of the molecule is CCC(=O)CC(=O)c1ccc(CC(C)C)cc1. The van der Waals surface area contributed by atoms with Crippen LogP contribution >= 0.6 is 0 Å². The molecule has 1 aromatic rings. The van der Waals surface area contributed by atoms with Gasteiger partial charge in [-0.25, -0.2) is 0 Å². The molecule has 0 aliphatic rings. The van der Waals surface area contributed by atoms with E-state index in [0.717, 1.165) is 6.42 Å². The third-order valence-electron chi connectivity index (χ3n) is 2.67. The van der Waals surface area contributed by atoms with Crippen molar-refractivity contribution in [1.29, 1.82) is 0 Å². The van der Waals surface area contributed by atoms with Crippen LogP contribution in [0, 0.1) is 5.92 Å². The Bertz CT molecular complexity index is 388. The highest BCUT2D eigenvalue weighted by Gasteiger charge is 2.10. The Morgan fingerprint density at radius 3 is 2.18 bits per heavy atom. The van der Waals surface area contributed by atoms with Crippen LogP contribution in [0.25, 0.3) is 0 Å². The maximum Gasteiger partial charge on any atom is 0.170 e. The predicted octanol–water partition coefficient (Wildman–Crippen LogP) is 3.44. The quantitative estimate of drug-likeness (QED) is 0.556. The Hall–Kier alpha value is -1.44. The maximum atomic E-state index is 11.7. The second kappa shape index (κ2) is 6.33. The fraction of sp³-hybridized carbons (Fsp3) is 0.467. The van der Waals surface area contributed by atoms with Crippen molar-refractivity contribution in [2.45, 2.75) is 40.0 Å². The molecular formula is C15H20O2. The van der Waals surface area contributed by atoms with Gasteiger partial charge in [0.2, 0.25) is 0 Å². The van der Waals surface area contributed by atoms with Crippen LogP contribution in [0.5, 0.6) is 0 Å². The van der Waals surface area contributed by atoms with Crippen molar-refractivity contribution >= 4 is 11.6 Å². The van der Waals surface area contributed by atoms with E-state index in [-0.39, 0.29) is 18.0 Å². The summed E-state index contributed by atoms with van der Waals surface area (Å²) in [5.74, 6) is 0.535. The van der Waals surface area contributed by atoms with Crippen molar-refractivity contribution in [2.24, 2.45) is 5.92 Å². The summed E-state index contributed by atoms with van der Waals surface area (Å²) >= 11 is 0. The van der Waals surface area contributed by atoms with E-state index in [2.05, 4.69) is 13.8 Å². The van der Waals surface area contributed by atoms with Crippen molar-refractivity contribution in [3.8, 4) is 0 Å². The van der Waals surface area contributed by atoms with Crippen LogP contribution in [0.1, 0.15) is 49.5 Å². The molecule has 0 fully saturated rings. The molecule has 92 valence electrons. The number of carbonyl (C=O) groups excluding carboxylic acids is 2. The van der Waals surface area contributed by atoms with Gasteiger partial charge in [0, 0.05) is 12.0 Å². The summed E-state index contributed by atoms with van der Waals surface area (Å²) in [5.41, 5.74) is 1.87. The van der Waals surface area contributed by atoms with Crippen LogP contribution < -0.4 is 0 Å². The van der Waals surface area contributed by atoms with Gasteiger partial charge >= 0.3 is 0 Å². The van der Waals surface area contributed by atoms with E-state index in [9.17, 15) is 9.59 Å². The molecule has 0 radical (unpaired) electrons. The molecule has 0 aromatic heterocycles. The first-order valence-electron chi connectivity index (χ1n) is 6.16. The lowest BCUT2D eigenvalue weighted by Gasteiger charge is -2.05. The van der Waals surface area contributed by atoms with Crippen LogP contribution in [-0.2, 0) is 11.2 Å². The van der Waals surface area contributed by atoms with Gasteiger partial charge in [0.25, 0.3) is 0 Å². The minimum absolute atomic E-state index is 0.00116. The molecule has 2 heteroatoms. The third-order valence-corrected chi connectivity index (χ3v) is 2.67. The van der Waals surface area contributed by atoms with Gasteiger partial charge in [-0.2, -0.15) is 0 Å². The summed E-state index contributed by atoms with van der Waals surface area (Å²) in [6, 6.07) is 7.60. The zero-order valence-corrected chi connectivity index (χ0v) is 10.8. The summed E-state index contributed by atoms with van der Waals surface area (Å²) in [4.78, 5) is 22.9. The van der Waals surface area contributed by atoms with Gasteiger partial charge in [-0.1, -0.05) is 45.0 Å². The maximum absolute atomic E-state index is 11.7. The number of hydrogen-bond donors (Lipinski definition) is 0. The molecule has 0 heterocycles. The zero-order valence-electron chi connectivity index (χ0n) is 10.8. The Kier molecular flexibility index (Phi) is 5.08. The van der Waals surface area contributed by atoms with Gasteiger partial charge in [0.1, 0.15) is 5.78 Å². The number of hydrogen-bond acceptors (Lipinski definition) is 2. The normalized spacial score (nSPS) is 10.6. The standard InChI is InChI=1S/C15H20O2/c1-4-14(16)10-15(17)13-7-5-12(6-8-13)9-11(2)3/h5-8,11H,4,9-10H2,1-3H3. The molecule has 0 aliphatic carbocycles. The lowest BCUT2D eigenvalue weighted by molar-refractivity contribution is -0.117. The smallest absolute Gasteiger partial charge is 0.170 e. The topological polar surface area (TPSA) is 34.1 Å². The first-order valence-corrected chi connectivity index (χ1v) is 6.16.